The zero-order chi connectivity index (χ0) is 20.6. The maximum atomic E-state index is 12.7. The van der Waals surface area contributed by atoms with Gasteiger partial charge < -0.3 is 11.1 Å². The molecular weight excluding hydrogens is 366 g/mol. The van der Waals surface area contributed by atoms with E-state index >= 15 is 0 Å². The van der Waals surface area contributed by atoms with Crippen LogP contribution in [0.25, 0.3) is 0 Å². The molecule has 0 atom stereocenters. The molecule has 0 unspecified atom stereocenters. The second-order valence-corrected chi connectivity index (χ2v) is 8.36. The number of pyridine rings is 1. The lowest BCUT2D eigenvalue weighted by atomic mass is 9.69. The molecule has 7 heteroatoms. The molecule has 3 amide bonds. The summed E-state index contributed by atoms with van der Waals surface area (Å²) in [5.74, 6) is 0.0106. The van der Waals surface area contributed by atoms with Crippen LogP contribution in [0.1, 0.15) is 41.6 Å². The van der Waals surface area contributed by atoms with E-state index in [1.165, 1.54) is 11.8 Å². The van der Waals surface area contributed by atoms with Gasteiger partial charge in [0.15, 0.2) is 0 Å². The van der Waals surface area contributed by atoms with E-state index in [1.54, 1.807) is 17.0 Å². The average Bonchev–Trinajstić information content (AvgIpc) is 3.05. The highest BCUT2D eigenvalue weighted by molar-refractivity contribution is 5.96. The first-order valence-corrected chi connectivity index (χ1v) is 9.94. The highest BCUT2D eigenvalue weighted by Gasteiger charge is 2.50. The number of amides is 3. The Labute approximate surface area is 170 Å². The number of anilines is 1. The van der Waals surface area contributed by atoms with E-state index in [4.69, 9.17) is 5.73 Å². The monoisotopic (exact) mass is 393 g/mol. The van der Waals surface area contributed by atoms with Gasteiger partial charge >= 0.3 is 6.03 Å². The number of nitrogens with two attached hydrogens (primary N) is 1. The minimum Gasteiger partial charge on any atom is -0.366 e. The van der Waals surface area contributed by atoms with E-state index in [2.05, 4.69) is 53.6 Å². The number of benzene rings is 1. The summed E-state index contributed by atoms with van der Waals surface area (Å²) in [6, 6.07) is 13.8. The third kappa shape index (κ3) is 3.35. The molecule has 0 radical (unpaired) electrons. The quantitative estimate of drug-likeness (QED) is 0.835. The van der Waals surface area contributed by atoms with Crippen LogP contribution in [0.4, 0.5) is 10.6 Å². The van der Waals surface area contributed by atoms with E-state index in [0.717, 1.165) is 25.7 Å². The van der Waals surface area contributed by atoms with Crippen molar-refractivity contribution in [3.8, 4) is 0 Å². The second kappa shape index (κ2) is 7.15. The lowest BCUT2D eigenvalue weighted by molar-refractivity contribution is 0.0657. The van der Waals surface area contributed by atoms with Crippen LogP contribution in [0, 0.1) is 0 Å². The van der Waals surface area contributed by atoms with Crippen LogP contribution in [-0.4, -0.2) is 48.0 Å². The van der Waals surface area contributed by atoms with Crippen LogP contribution in [0.15, 0.2) is 48.7 Å². The first-order valence-electron chi connectivity index (χ1n) is 9.94. The van der Waals surface area contributed by atoms with Crippen molar-refractivity contribution in [2.24, 2.45) is 5.73 Å². The highest BCUT2D eigenvalue weighted by Crippen LogP contribution is 2.46. The third-order valence-corrected chi connectivity index (χ3v) is 6.59. The Morgan fingerprint density at radius 1 is 1.10 bits per heavy atom. The Morgan fingerprint density at radius 2 is 1.79 bits per heavy atom. The molecule has 29 heavy (non-hydrogen) atoms. The number of carbonyl (C=O) groups excluding carboxylic acids is 2. The van der Waals surface area contributed by atoms with Crippen molar-refractivity contribution in [1.82, 2.24) is 15.2 Å². The Hall–Kier alpha value is -2.93. The summed E-state index contributed by atoms with van der Waals surface area (Å²) in [7, 11) is 4.27. The molecule has 152 valence electrons. The zero-order valence-corrected chi connectivity index (χ0v) is 16.9. The number of hydrogen-bond donors (Lipinski definition) is 2. The maximum absolute atomic E-state index is 12.7. The minimum atomic E-state index is -0.528. The van der Waals surface area contributed by atoms with Gasteiger partial charge in [-0.3, -0.25) is 14.6 Å². The van der Waals surface area contributed by atoms with Crippen molar-refractivity contribution in [3.05, 3.63) is 59.8 Å². The molecule has 1 spiro atoms. The first kappa shape index (κ1) is 19.4. The van der Waals surface area contributed by atoms with Crippen LogP contribution in [0.3, 0.4) is 0 Å². The van der Waals surface area contributed by atoms with Gasteiger partial charge in [0.25, 0.3) is 0 Å². The number of aromatic nitrogens is 1. The SMILES string of the molecule is CN(C)[C@]1(c2ccccc2)CC[C@@]2(CC1)CN(c1ccc(C(N)=O)cn1)C(=O)N2. The maximum Gasteiger partial charge on any atom is 0.323 e. The molecule has 1 aromatic carbocycles. The number of nitrogens with zero attached hydrogens (tertiary/aromatic N) is 3. The van der Waals surface area contributed by atoms with E-state index in [-0.39, 0.29) is 17.1 Å². The summed E-state index contributed by atoms with van der Waals surface area (Å²) in [5.41, 5.74) is 6.66. The first-order chi connectivity index (χ1) is 13.9. The van der Waals surface area contributed by atoms with E-state index < -0.39 is 5.91 Å². The average molecular weight is 393 g/mol. The molecule has 4 rings (SSSR count). The van der Waals surface area contributed by atoms with Crippen molar-refractivity contribution in [1.29, 1.82) is 0 Å². The second-order valence-electron chi connectivity index (χ2n) is 8.36. The van der Waals surface area contributed by atoms with Crippen molar-refractivity contribution in [3.63, 3.8) is 0 Å². The van der Waals surface area contributed by atoms with Gasteiger partial charge in [0.05, 0.1) is 17.6 Å². The molecule has 2 heterocycles. The molecule has 3 N–H and O–H groups in total. The molecular formula is C22H27N5O2. The van der Waals surface area contributed by atoms with Crippen LogP contribution in [0.5, 0.6) is 0 Å². The molecule has 1 saturated carbocycles. The van der Waals surface area contributed by atoms with E-state index in [9.17, 15) is 9.59 Å². The number of primary amides is 1. The molecule has 0 bridgehead atoms. The fourth-order valence-electron chi connectivity index (χ4n) is 4.75. The van der Waals surface area contributed by atoms with Crippen molar-refractivity contribution in [2.75, 3.05) is 25.5 Å². The van der Waals surface area contributed by atoms with E-state index in [0.29, 0.717) is 17.9 Å². The molecule has 7 nitrogen and oxygen atoms in total. The van der Waals surface area contributed by atoms with Crippen molar-refractivity contribution in [2.45, 2.75) is 36.8 Å². The lowest BCUT2D eigenvalue weighted by Gasteiger charge is -2.48. The number of hydrogen-bond acceptors (Lipinski definition) is 4. The Balaban J connectivity index is 1.53. The number of nitrogens with one attached hydrogen (secondary N) is 1. The van der Waals surface area contributed by atoms with Crippen molar-refractivity contribution >= 4 is 17.8 Å². The standard InChI is InChI=1S/C22H27N5O2/c1-26(2)22(17-6-4-3-5-7-17)12-10-21(11-13-22)15-27(20(29)25-21)18-9-8-16(14-24-18)19(23)28/h3-9,14H,10-13,15H2,1-2H3,(H2,23,28)(H,25,29)/t21-,22-. The largest absolute Gasteiger partial charge is 0.366 e. The summed E-state index contributed by atoms with van der Waals surface area (Å²) in [5, 5.41) is 3.22. The molecule has 2 aliphatic rings. The van der Waals surface area contributed by atoms with Crippen LogP contribution >= 0.6 is 0 Å². The van der Waals surface area contributed by atoms with Gasteiger partial charge in [0, 0.05) is 11.7 Å². The predicted molar refractivity (Wildman–Crippen MR) is 112 cm³/mol. The predicted octanol–water partition coefficient (Wildman–Crippen LogP) is 2.48. The molecule has 1 aliphatic carbocycles. The summed E-state index contributed by atoms with van der Waals surface area (Å²) >= 11 is 0. The molecule has 2 fully saturated rings. The van der Waals surface area contributed by atoms with Gasteiger partial charge in [0.1, 0.15) is 5.82 Å². The Morgan fingerprint density at radius 3 is 2.34 bits per heavy atom. The fraction of sp³-hybridized carbons (Fsp3) is 0.409. The summed E-state index contributed by atoms with van der Waals surface area (Å²) in [6.07, 6.45) is 5.13. The topological polar surface area (TPSA) is 91.6 Å². The minimum absolute atomic E-state index is 0.0218. The molecule has 1 saturated heterocycles. The van der Waals surface area contributed by atoms with Crippen LogP contribution in [0.2, 0.25) is 0 Å². The van der Waals surface area contributed by atoms with Gasteiger partial charge in [-0.2, -0.15) is 0 Å². The third-order valence-electron chi connectivity index (χ3n) is 6.59. The van der Waals surface area contributed by atoms with Crippen LogP contribution < -0.4 is 16.0 Å². The van der Waals surface area contributed by atoms with Crippen LogP contribution in [-0.2, 0) is 5.54 Å². The normalized spacial score (nSPS) is 26.7. The van der Waals surface area contributed by atoms with Gasteiger partial charge in [-0.15, -0.1) is 0 Å². The number of rotatable bonds is 4. The summed E-state index contributed by atoms with van der Waals surface area (Å²) < 4.78 is 0. The van der Waals surface area contributed by atoms with Gasteiger partial charge in [-0.25, -0.2) is 9.78 Å². The van der Waals surface area contributed by atoms with Gasteiger partial charge in [-0.05, 0) is 57.5 Å². The number of urea groups is 1. The lowest BCUT2D eigenvalue weighted by Crippen LogP contribution is -2.54. The van der Waals surface area contributed by atoms with Gasteiger partial charge in [-0.1, -0.05) is 30.3 Å². The molecule has 2 aromatic rings. The fourth-order valence-corrected chi connectivity index (χ4v) is 4.75. The Bertz CT molecular complexity index is 903. The number of carbonyl (C=O) groups is 2. The van der Waals surface area contributed by atoms with Crippen molar-refractivity contribution < 1.29 is 9.59 Å². The zero-order valence-electron chi connectivity index (χ0n) is 16.9. The summed E-state index contributed by atoms with van der Waals surface area (Å²) in [4.78, 5) is 32.2. The molecule has 1 aliphatic heterocycles. The highest BCUT2D eigenvalue weighted by atomic mass is 16.2. The smallest absolute Gasteiger partial charge is 0.323 e. The Kier molecular flexibility index (Phi) is 4.78. The summed E-state index contributed by atoms with van der Waals surface area (Å²) in [6.45, 7) is 0.576. The molecule has 1 aromatic heterocycles. The van der Waals surface area contributed by atoms with Gasteiger partial charge in [0.2, 0.25) is 5.91 Å². The van der Waals surface area contributed by atoms with E-state index in [1.807, 2.05) is 6.07 Å².